The van der Waals surface area contributed by atoms with Crippen molar-refractivity contribution in [3.05, 3.63) is 59.8 Å². The topological polar surface area (TPSA) is 138 Å². The van der Waals surface area contributed by atoms with Gasteiger partial charge in [0.05, 0.1) is 17.1 Å². The zero-order valence-electron chi connectivity index (χ0n) is 16.1. The number of aryl methyl sites for hydroxylation is 1. The molecule has 0 spiro atoms. The van der Waals surface area contributed by atoms with Crippen LogP contribution in [-0.4, -0.2) is 37.0 Å². The fourth-order valence-electron chi connectivity index (χ4n) is 2.86. The number of amides is 1. The van der Waals surface area contributed by atoms with E-state index in [0.29, 0.717) is 28.7 Å². The number of carbonyl (C=O) groups excluding carboxylic acids is 1. The summed E-state index contributed by atoms with van der Waals surface area (Å²) >= 11 is 0. The lowest BCUT2D eigenvalue weighted by Gasteiger charge is -2.12. The number of aromatic amines is 1. The predicted octanol–water partition coefficient (Wildman–Crippen LogP) is 2.34. The van der Waals surface area contributed by atoms with Gasteiger partial charge in [-0.2, -0.15) is 0 Å². The summed E-state index contributed by atoms with van der Waals surface area (Å²) in [6.07, 6.45) is 1.84. The van der Waals surface area contributed by atoms with E-state index in [4.69, 9.17) is 9.84 Å². The zero-order valence-corrected chi connectivity index (χ0v) is 17.0. The van der Waals surface area contributed by atoms with Crippen molar-refractivity contribution in [3.63, 3.8) is 0 Å². The van der Waals surface area contributed by atoms with E-state index >= 15 is 0 Å². The second kappa shape index (κ2) is 8.97. The minimum atomic E-state index is -4.00. The van der Waals surface area contributed by atoms with Gasteiger partial charge in [-0.3, -0.25) is 15.0 Å². The van der Waals surface area contributed by atoms with Crippen LogP contribution in [0.5, 0.6) is 5.75 Å². The molecule has 0 fully saturated rings. The van der Waals surface area contributed by atoms with E-state index in [1.165, 1.54) is 24.4 Å². The summed E-state index contributed by atoms with van der Waals surface area (Å²) in [6, 6.07) is 11.4. The van der Waals surface area contributed by atoms with E-state index in [1.54, 1.807) is 19.1 Å². The lowest BCUT2D eigenvalue weighted by Crippen LogP contribution is -2.41. The van der Waals surface area contributed by atoms with E-state index in [9.17, 15) is 18.0 Å². The number of carbonyl (C=O) groups is 2. The standard InChI is InChI=1S/C20H21N3O6S/c1-13-11-14(8-9-18(13)29-10-4-7-19(24)25)30(27,28)23-22-20(26)16-12-21-17-6-3-2-5-15(16)17/h2-3,5-6,8-9,11-12,21,23H,4,7,10H2,1H3,(H,22,26)(H,24,25). The van der Waals surface area contributed by atoms with Crippen LogP contribution in [0.1, 0.15) is 28.8 Å². The van der Waals surface area contributed by atoms with Gasteiger partial charge >= 0.3 is 5.97 Å². The number of aliphatic carboxylic acids is 1. The summed E-state index contributed by atoms with van der Waals surface area (Å²) < 4.78 is 30.5. The molecule has 0 unspecified atom stereocenters. The Bertz CT molecular complexity index is 1190. The first-order valence-electron chi connectivity index (χ1n) is 9.11. The van der Waals surface area contributed by atoms with Gasteiger partial charge in [0.15, 0.2) is 0 Å². The van der Waals surface area contributed by atoms with E-state index in [-0.39, 0.29) is 17.9 Å². The Morgan fingerprint density at radius 2 is 1.93 bits per heavy atom. The molecular weight excluding hydrogens is 410 g/mol. The molecule has 0 aliphatic carbocycles. The largest absolute Gasteiger partial charge is 0.493 e. The summed E-state index contributed by atoms with van der Waals surface area (Å²) in [7, 11) is -4.00. The average Bonchev–Trinajstić information content (AvgIpc) is 3.14. The van der Waals surface area contributed by atoms with Gasteiger partial charge in [-0.25, -0.2) is 8.42 Å². The Morgan fingerprint density at radius 1 is 1.17 bits per heavy atom. The van der Waals surface area contributed by atoms with E-state index in [1.807, 2.05) is 12.1 Å². The third-order valence-electron chi connectivity index (χ3n) is 4.38. The normalized spacial score (nSPS) is 11.4. The molecule has 1 amide bonds. The lowest BCUT2D eigenvalue weighted by molar-refractivity contribution is -0.137. The molecule has 2 aromatic carbocycles. The zero-order chi connectivity index (χ0) is 21.7. The van der Waals surface area contributed by atoms with Crippen LogP contribution < -0.4 is 15.0 Å². The van der Waals surface area contributed by atoms with Gasteiger partial charge < -0.3 is 14.8 Å². The molecule has 10 heteroatoms. The molecule has 0 atom stereocenters. The first kappa shape index (κ1) is 21.3. The molecule has 0 saturated carbocycles. The van der Waals surface area contributed by atoms with E-state index < -0.39 is 21.9 Å². The van der Waals surface area contributed by atoms with Crippen molar-refractivity contribution < 1.29 is 27.9 Å². The van der Waals surface area contributed by atoms with Crippen molar-refractivity contribution in [3.8, 4) is 5.75 Å². The molecule has 3 rings (SSSR count). The second-order valence-electron chi connectivity index (χ2n) is 6.58. The van der Waals surface area contributed by atoms with Gasteiger partial charge in [0.2, 0.25) is 0 Å². The minimum Gasteiger partial charge on any atom is -0.493 e. The SMILES string of the molecule is Cc1cc(S(=O)(=O)NNC(=O)c2c[nH]c3ccccc23)ccc1OCCCC(=O)O. The maximum absolute atomic E-state index is 12.5. The predicted molar refractivity (Wildman–Crippen MR) is 110 cm³/mol. The molecule has 0 aliphatic heterocycles. The van der Waals surface area contributed by atoms with Crippen LogP contribution in [0.15, 0.2) is 53.6 Å². The van der Waals surface area contributed by atoms with Crippen LogP contribution in [0.4, 0.5) is 0 Å². The highest BCUT2D eigenvalue weighted by Crippen LogP contribution is 2.22. The fourth-order valence-corrected chi connectivity index (χ4v) is 3.78. The van der Waals surface area contributed by atoms with E-state index in [2.05, 4.69) is 15.2 Å². The number of hydrogen-bond donors (Lipinski definition) is 4. The number of benzene rings is 2. The number of para-hydroxylation sites is 1. The van der Waals surface area contributed by atoms with Gasteiger partial charge in [0.25, 0.3) is 15.9 Å². The molecule has 1 aromatic heterocycles. The Balaban J connectivity index is 1.64. The summed E-state index contributed by atoms with van der Waals surface area (Å²) in [6.45, 7) is 1.88. The number of hydrogen-bond acceptors (Lipinski definition) is 5. The molecule has 30 heavy (non-hydrogen) atoms. The average molecular weight is 431 g/mol. The van der Waals surface area contributed by atoms with Crippen LogP contribution in [0.25, 0.3) is 10.9 Å². The fraction of sp³-hybridized carbons (Fsp3) is 0.200. The first-order valence-corrected chi connectivity index (χ1v) is 10.6. The van der Waals surface area contributed by atoms with Crippen molar-refractivity contribution >= 4 is 32.8 Å². The van der Waals surface area contributed by atoms with Crippen LogP contribution >= 0.6 is 0 Å². The van der Waals surface area contributed by atoms with Gasteiger partial charge in [-0.15, -0.1) is 4.83 Å². The number of carboxylic acids is 1. The van der Waals surface area contributed by atoms with Gasteiger partial charge in [-0.05, 0) is 43.2 Å². The number of carboxylic acid groups (broad SMARTS) is 1. The highest BCUT2D eigenvalue weighted by Gasteiger charge is 2.18. The van der Waals surface area contributed by atoms with Crippen molar-refractivity contribution in [2.45, 2.75) is 24.7 Å². The van der Waals surface area contributed by atoms with Crippen LogP contribution in [0.2, 0.25) is 0 Å². The Kier molecular flexibility index (Phi) is 6.38. The molecule has 9 nitrogen and oxygen atoms in total. The highest BCUT2D eigenvalue weighted by molar-refractivity contribution is 7.89. The second-order valence-corrected chi connectivity index (χ2v) is 8.26. The molecule has 0 radical (unpaired) electrons. The third-order valence-corrected chi connectivity index (χ3v) is 5.63. The molecule has 0 bridgehead atoms. The maximum atomic E-state index is 12.5. The molecule has 0 aliphatic rings. The number of ether oxygens (including phenoxy) is 1. The number of rotatable bonds is 9. The van der Waals surface area contributed by atoms with Crippen LogP contribution in [0, 0.1) is 6.92 Å². The Labute approximate surface area is 173 Å². The summed E-state index contributed by atoms with van der Waals surface area (Å²) in [5.41, 5.74) is 3.86. The van der Waals surface area contributed by atoms with Gasteiger partial charge in [0.1, 0.15) is 5.75 Å². The summed E-state index contributed by atoms with van der Waals surface area (Å²) in [4.78, 5) is 27.9. The maximum Gasteiger partial charge on any atom is 0.303 e. The molecule has 0 saturated heterocycles. The molecule has 3 aromatic rings. The smallest absolute Gasteiger partial charge is 0.303 e. The summed E-state index contributed by atoms with van der Waals surface area (Å²) in [5.74, 6) is -1.04. The number of sulfonamides is 1. The number of hydrazine groups is 1. The van der Waals surface area contributed by atoms with Crippen molar-refractivity contribution in [1.29, 1.82) is 0 Å². The van der Waals surface area contributed by atoms with Crippen LogP contribution in [0.3, 0.4) is 0 Å². The Hall–Kier alpha value is -3.37. The molecule has 158 valence electrons. The molecule has 1 heterocycles. The Morgan fingerprint density at radius 3 is 2.67 bits per heavy atom. The van der Waals surface area contributed by atoms with Gasteiger partial charge in [0, 0.05) is 23.5 Å². The third kappa shape index (κ3) is 4.97. The molecular formula is C20H21N3O6S. The summed E-state index contributed by atoms with van der Waals surface area (Å²) in [5, 5.41) is 9.31. The number of nitrogens with one attached hydrogen (secondary N) is 3. The van der Waals surface area contributed by atoms with Crippen molar-refractivity contribution in [2.75, 3.05) is 6.61 Å². The van der Waals surface area contributed by atoms with Crippen LogP contribution in [-0.2, 0) is 14.8 Å². The highest BCUT2D eigenvalue weighted by atomic mass is 32.2. The van der Waals surface area contributed by atoms with E-state index in [0.717, 1.165) is 5.52 Å². The molecule has 4 N–H and O–H groups in total. The number of H-pyrrole nitrogens is 1. The minimum absolute atomic E-state index is 0.00838. The van der Waals surface area contributed by atoms with Gasteiger partial charge in [-0.1, -0.05) is 18.2 Å². The van der Waals surface area contributed by atoms with Crippen molar-refractivity contribution in [2.24, 2.45) is 0 Å². The monoisotopic (exact) mass is 431 g/mol. The van der Waals surface area contributed by atoms with Crippen molar-refractivity contribution in [1.82, 2.24) is 15.2 Å². The number of fused-ring (bicyclic) bond motifs is 1. The number of aromatic nitrogens is 1. The quantitative estimate of drug-likeness (QED) is 0.303. The lowest BCUT2D eigenvalue weighted by atomic mass is 10.2. The first-order chi connectivity index (χ1) is 14.3.